The first-order valence-corrected chi connectivity index (χ1v) is 8.59. The minimum absolute atomic E-state index is 0.0273. The Hall–Kier alpha value is -1.23. The van der Waals surface area contributed by atoms with Gasteiger partial charge in [-0.25, -0.2) is 0 Å². The van der Waals surface area contributed by atoms with E-state index in [1.165, 1.54) is 37.0 Å². The molecular formula is C17H31N5. The summed E-state index contributed by atoms with van der Waals surface area (Å²) in [6.07, 6.45) is 8.17. The van der Waals surface area contributed by atoms with Crippen LogP contribution in [-0.4, -0.2) is 34.0 Å². The SMILES string of the molecule is CC1=C2N3C(C)(CCC1)CCC3(C)CCC2(CN)NC(=N)N. The molecule has 0 aromatic heterocycles. The van der Waals surface area contributed by atoms with Crippen LogP contribution in [0.15, 0.2) is 11.3 Å². The van der Waals surface area contributed by atoms with Crippen LogP contribution in [0.5, 0.6) is 0 Å². The molecule has 2 fully saturated rings. The Morgan fingerprint density at radius 2 is 1.77 bits per heavy atom. The van der Waals surface area contributed by atoms with E-state index in [0.717, 1.165) is 19.3 Å². The Kier molecular flexibility index (Phi) is 3.47. The van der Waals surface area contributed by atoms with Crippen LogP contribution in [0.2, 0.25) is 0 Å². The van der Waals surface area contributed by atoms with Gasteiger partial charge in [-0.3, -0.25) is 5.41 Å². The van der Waals surface area contributed by atoms with Crippen molar-refractivity contribution >= 4 is 5.96 Å². The molecule has 3 rings (SSSR count). The van der Waals surface area contributed by atoms with Gasteiger partial charge in [-0.2, -0.15) is 0 Å². The summed E-state index contributed by atoms with van der Waals surface area (Å²) in [7, 11) is 0. The average molecular weight is 305 g/mol. The predicted octanol–water partition coefficient (Wildman–Crippen LogP) is 2.03. The number of nitrogens with two attached hydrogens (primary N) is 2. The smallest absolute Gasteiger partial charge is 0.186 e. The second-order valence-electron chi connectivity index (χ2n) is 8.14. The third-order valence-electron chi connectivity index (χ3n) is 6.44. The van der Waals surface area contributed by atoms with E-state index in [1.54, 1.807) is 0 Å². The molecule has 2 saturated heterocycles. The number of nitrogens with one attached hydrogen (secondary N) is 2. The van der Waals surface area contributed by atoms with Gasteiger partial charge in [0.25, 0.3) is 0 Å². The number of allylic oxidation sites excluding steroid dienone is 1. The molecule has 0 aromatic rings. The highest BCUT2D eigenvalue weighted by atomic mass is 15.3. The molecule has 3 heterocycles. The van der Waals surface area contributed by atoms with Crippen molar-refractivity contribution in [3.8, 4) is 0 Å². The van der Waals surface area contributed by atoms with E-state index < -0.39 is 0 Å². The summed E-state index contributed by atoms with van der Waals surface area (Å²) >= 11 is 0. The molecule has 124 valence electrons. The number of rotatable bonds is 2. The summed E-state index contributed by atoms with van der Waals surface area (Å²) in [5, 5.41) is 11.0. The Morgan fingerprint density at radius 1 is 1.18 bits per heavy atom. The van der Waals surface area contributed by atoms with Gasteiger partial charge in [-0.15, -0.1) is 0 Å². The molecule has 0 saturated carbocycles. The highest BCUT2D eigenvalue weighted by Gasteiger charge is 2.58. The van der Waals surface area contributed by atoms with Gasteiger partial charge in [0.1, 0.15) is 0 Å². The van der Waals surface area contributed by atoms with Crippen molar-refractivity contribution in [2.45, 2.75) is 82.3 Å². The fraction of sp³-hybridized carbons (Fsp3) is 0.824. The van der Waals surface area contributed by atoms with Gasteiger partial charge in [0.15, 0.2) is 5.96 Å². The summed E-state index contributed by atoms with van der Waals surface area (Å²) in [6, 6.07) is 0. The first-order chi connectivity index (χ1) is 10.3. The second-order valence-corrected chi connectivity index (χ2v) is 8.14. The van der Waals surface area contributed by atoms with Crippen molar-refractivity contribution in [3.63, 3.8) is 0 Å². The van der Waals surface area contributed by atoms with Gasteiger partial charge in [-0.05, 0) is 65.7 Å². The van der Waals surface area contributed by atoms with Gasteiger partial charge in [0.05, 0.1) is 5.54 Å². The lowest BCUT2D eigenvalue weighted by molar-refractivity contribution is 0.0304. The van der Waals surface area contributed by atoms with Crippen LogP contribution in [0.4, 0.5) is 0 Å². The summed E-state index contributed by atoms with van der Waals surface area (Å²) in [5.74, 6) is 0.0273. The van der Waals surface area contributed by atoms with Gasteiger partial charge in [0.2, 0.25) is 0 Å². The van der Waals surface area contributed by atoms with Crippen LogP contribution in [-0.2, 0) is 0 Å². The molecule has 3 atom stereocenters. The first kappa shape index (κ1) is 15.7. The molecule has 0 spiro atoms. The maximum absolute atomic E-state index is 7.77. The quantitative estimate of drug-likeness (QED) is 0.464. The molecule has 5 heteroatoms. The normalized spacial score (nSPS) is 41.2. The minimum Gasteiger partial charge on any atom is -0.370 e. The fourth-order valence-corrected chi connectivity index (χ4v) is 5.32. The molecule has 3 aliphatic rings. The zero-order valence-corrected chi connectivity index (χ0v) is 14.3. The fourth-order valence-electron chi connectivity index (χ4n) is 5.32. The van der Waals surface area contributed by atoms with E-state index in [9.17, 15) is 0 Å². The standard InChI is InChI=1S/C17H31N5/c1-12-5-4-6-15(2)7-8-16(3)9-10-17(11-18,21-14(19)20)13(12)22(15)16/h4-11,18H2,1-3H3,(H4,19,20,21). The minimum atomic E-state index is -0.370. The van der Waals surface area contributed by atoms with Crippen LogP contribution in [0.25, 0.3) is 0 Å². The third kappa shape index (κ3) is 2.05. The van der Waals surface area contributed by atoms with Crippen LogP contribution < -0.4 is 16.8 Å². The molecule has 0 bridgehead atoms. The van der Waals surface area contributed by atoms with E-state index in [0.29, 0.717) is 6.54 Å². The number of nitrogens with zero attached hydrogens (tertiary/aromatic N) is 1. The van der Waals surface area contributed by atoms with E-state index in [1.807, 2.05) is 0 Å². The van der Waals surface area contributed by atoms with E-state index in [4.69, 9.17) is 16.9 Å². The molecule has 0 aliphatic carbocycles. The monoisotopic (exact) mass is 305 g/mol. The van der Waals surface area contributed by atoms with Crippen molar-refractivity contribution in [2.75, 3.05) is 6.54 Å². The Morgan fingerprint density at radius 3 is 2.36 bits per heavy atom. The van der Waals surface area contributed by atoms with Crippen molar-refractivity contribution < 1.29 is 0 Å². The average Bonchev–Trinajstić information content (AvgIpc) is 2.62. The van der Waals surface area contributed by atoms with E-state index in [-0.39, 0.29) is 22.6 Å². The van der Waals surface area contributed by atoms with Gasteiger partial charge >= 0.3 is 0 Å². The largest absolute Gasteiger partial charge is 0.370 e. The molecule has 22 heavy (non-hydrogen) atoms. The third-order valence-corrected chi connectivity index (χ3v) is 6.44. The van der Waals surface area contributed by atoms with Crippen LogP contribution >= 0.6 is 0 Å². The summed E-state index contributed by atoms with van der Waals surface area (Å²) in [6.45, 7) is 7.56. The summed E-state index contributed by atoms with van der Waals surface area (Å²) < 4.78 is 0. The maximum atomic E-state index is 7.77. The van der Waals surface area contributed by atoms with Crippen molar-refractivity contribution in [1.29, 1.82) is 5.41 Å². The van der Waals surface area contributed by atoms with E-state index in [2.05, 4.69) is 31.0 Å². The predicted molar refractivity (Wildman–Crippen MR) is 90.5 cm³/mol. The molecular weight excluding hydrogens is 274 g/mol. The van der Waals surface area contributed by atoms with E-state index >= 15 is 0 Å². The van der Waals surface area contributed by atoms with Crippen LogP contribution in [0.3, 0.4) is 0 Å². The zero-order chi connectivity index (χ0) is 16.2. The lowest BCUT2D eigenvalue weighted by Crippen LogP contribution is -2.67. The van der Waals surface area contributed by atoms with Gasteiger partial charge < -0.3 is 21.7 Å². The molecule has 0 aromatic carbocycles. The number of guanidine groups is 1. The van der Waals surface area contributed by atoms with Crippen LogP contribution in [0, 0.1) is 5.41 Å². The highest BCUT2D eigenvalue weighted by Crippen LogP contribution is 2.56. The van der Waals surface area contributed by atoms with Crippen molar-refractivity contribution in [1.82, 2.24) is 10.2 Å². The lowest BCUT2D eigenvalue weighted by Gasteiger charge is -2.57. The Balaban J connectivity index is 2.16. The zero-order valence-electron chi connectivity index (χ0n) is 14.3. The molecule has 0 amide bonds. The highest BCUT2D eigenvalue weighted by molar-refractivity contribution is 5.76. The van der Waals surface area contributed by atoms with Crippen molar-refractivity contribution in [3.05, 3.63) is 11.3 Å². The molecule has 3 aliphatic heterocycles. The van der Waals surface area contributed by atoms with Gasteiger partial charge in [0, 0.05) is 23.3 Å². The summed E-state index contributed by atoms with van der Waals surface area (Å²) in [4.78, 5) is 2.69. The Bertz CT molecular complexity index is 527. The second kappa shape index (κ2) is 4.88. The molecule has 5 nitrogen and oxygen atoms in total. The number of hydrogen-bond acceptors (Lipinski definition) is 3. The number of hydrogen-bond donors (Lipinski definition) is 4. The first-order valence-electron chi connectivity index (χ1n) is 8.59. The maximum Gasteiger partial charge on any atom is 0.186 e. The van der Waals surface area contributed by atoms with Gasteiger partial charge in [-0.1, -0.05) is 5.57 Å². The molecule has 3 unspecified atom stereocenters. The Labute approximate surface area is 134 Å². The molecule has 6 N–H and O–H groups in total. The van der Waals surface area contributed by atoms with Crippen LogP contribution in [0.1, 0.15) is 65.7 Å². The topological polar surface area (TPSA) is 91.2 Å². The van der Waals surface area contributed by atoms with Crippen molar-refractivity contribution in [2.24, 2.45) is 11.5 Å². The number of piperidine rings is 1. The molecule has 0 radical (unpaired) electrons. The lowest BCUT2D eigenvalue weighted by atomic mass is 9.75. The summed E-state index contributed by atoms with van der Waals surface area (Å²) in [5.41, 5.74) is 14.8.